The number of thiophene rings is 1. The summed E-state index contributed by atoms with van der Waals surface area (Å²) in [6.45, 7) is 1.74. The summed E-state index contributed by atoms with van der Waals surface area (Å²) >= 11 is 2.47. The van der Waals surface area contributed by atoms with Crippen LogP contribution in [-0.2, 0) is 11.8 Å². The van der Waals surface area contributed by atoms with Crippen LogP contribution in [0.2, 0.25) is 0 Å². The lowest BCUT2D eigenvalue weighted by Crippen LogP contribution is -2.23. The highest BCUT2D eigenvalue weighted by Gasteiger charge is 2.27. The number of fused-ring (bicyclic) bond motifs is 1. The minimum atomic E-state index is -0.785. The van der Waals surface area contributed by atoms with E-state index in [1.807, 2.05) is 6.07 Å². The van der Waals surface area contributed by atoms with Crippen molar-refractivity contribution in [1.82, 2.24) is 9.55 Å². The molecule has 10 heteroatoms. The smallest absolute Gasteiger partial charge is 0.293 e. The molecular formula is C22H18N4O4S2. The van der Waals surface area contributed by atoms with Gasteiger partial charge in [-0.25, -0.2) is 4.98 Å². The molecule has 0 bridgehead atoms. The van der Waals surface area contributed by atoms with Gasteiger partial charge in [-0.2, -0.15) is 0 Å². The lowest BCUT2D eigenvalue weighted by Gasteiger charge is -2.18. The van der Waals surface area contributed by atoms with E-state index < -0.39 is 16.1 Å². The van der Waals surface area contributed by atoms with Gasteiger partial charge in [-0.05, 0) is 35.6 Å². The Labute approximate surface area is 191 Å². The van der Waals surface area contributed by atoms with E-state index >= 15 is 0 Å². The summed E-state index contributed by atoms with van der Waals surface area (Å²) in [5.41, 5.74) is 1.14. The fourth-order valence-electron chi connectivity index (χ4n) is 3.19. The lowest BCUT2D eigenvalue weighted by atomic mass is 10.1. The molecule has 0 aliphatic carbocycles. The highest BCUT2D eigenvalue weighted by atomic mass is 32.2. The molecule has 1 amide bonds. The van der Waals surface area contributed by atoms with Gasteiger partial charge in [0.2, 0.25) is 5.91 Å². The van der Waals surface area contributed by atoms with Crippen molar-refractivity contribution in [2.45, 2.75) is 17.3 Å². The van der Waals surface area contributed by atoms with Crippen LogP contribution in [0.4, 0.5) is 11.4 Å². The Balaban J connectivity index is 1.73. The summed E-state index contributed by atoms with van der Waals surface area (Å²) in [5.74, 6) is -0.450. The van der Waals surface area contributed by atoms with Crippen LogP contribution >= 0.6 is 23.1 Å². The molecule has 2 aromatic carbocycles. The number of thioether (sulfide) groups is 1. The van der Waals surface area contributed by atoms with Crippen LogP contribution in [0.25, 0.3) is 10.2 Å². The second-order valence-electron chi connectivity index (χ2n) is 7.07. The number of benzene rings is 2. The van der Waals surface area contributed by atoms with Crippen LogP contribution in [0, 0.1) is 17.0 Å². The SMILES string of the molecule is Cc1ccc(NC(=O)C(Sc2nc3sccc3c(=O)n2C)c2ccccc2)c([N+](=O)[O-])c1. The first-order chi connectivity index (χ1) is 15.3. The van der Waals surface area contributed by atoms with Gasteiger partial charge in [0.05, 0.1) is 10.3 Å². The predicted molar refractivity (Wildman–Crippen MR) is 126 cm³/mol. The molecule has 0 fully saturated rings. The van der Waals surface area contributed by atoms with E-state index in [0.29, 0.717) is 26.5 Å². The van der Waals surface area contributed by atoms with Gasteiger partial charge >= 0.3 is 0 Å². The summed E-state index contributed by atoms with van der Waals surface area (Å²) in [5, 5.41) is 16.1. The second-order valence-corrected chi connectivity index (χ2v) is 9.04. The van der Waals surface area contributed by atoms with Gasteiger partial charge in [-0.15, -0.1) is 11.3 Å². The van der Waals surface area contributed by atoms with Crippen molar-refractivity contribution >= 4 is 50.6 Å². The van der Waals surface area contributed by atoms with Crippen molar-refractivity contribution in [1.29, 1.82) is 0 Å². The number of anilines is 1. The summed E-state index contributed by atoms with van der Waals surface area (Å²) in [6.07, 6.45) is 0. The Bertz CT molecular complexity index is 1380. The number of amides is 1. The van der Waals surface area contributed by atoms with E-state index in [1.54, 1.807) is 55.7 Å². The Kier molecular flexibility index (Phi) is 6.06. The molecule has 4 aromatic rings. The van der Waals surface area contributed by atoms with Gasteiger partial charge in [0.15, 0.2) is 5.16 Å². The number of aryl methyl sites for hydroxylation is 1. The maximum absolute atomic E-state index is 13.3. The van der Waals surface area contributed by atoms with Crippen LogP contribution in [0.3, 0.4) is 0 Å². The van der Waals surface area contributed by atoms with E-state index in [-0.39, 0.29) is 16.9 Å². The van der Waals surface area contributed by atoms with Crippen molar-refractivity contribution in [2.75, 3.05) is 5.32 Å². The maximum Gasteiger partial charge on any atom is 0.293 e. The average molecular weight is 467 g/mol. The fourth-order valence-corrected chi connectivity index (χ4v) is 5.06. The van der Waals surface area contributed by atoms with Crippen molar-refractivity contribution in [3.8, 4) is 0 Å². The highest BCUT2D eigenvalue weighted by molar-refractivity contribution is 8.00. The minimum absolute atomic E-state index is 0.114. The summed E-state index contributed by atoms with van der Waals surface area (Å²) in [4.78, 5) is 42.1. The van der Waals surface area contributed by atoms with E-state index in [0.717, 1.165) is 11.8 Å². The zero-order valence-electron chi connectivity index (χ0n) is 17.1. The second kappa shape index (κ2) is 8.93. The van der Waals surface area contributed by atoms with Crippen LogP contribution in [0.15, 0.2) is 69.9 Å². The Morgan fingerprint density at radius 1 is 1.22 bits per heavy atom. The molecule has 32 heavy (non-hydrogen) atoms. The third-order valence-corrected chi connectivity index (χ3v) is 6.94. The third-order valence-electron chi connectivity index (χ3n) is 4.84. The molecule has 2 heterocycles. The van der Waals surface area contributed by atoms with Crippen molar-refractivity contribution in [3.63, 3.8) is 0 Å². The van der Waals surface area contributed by atoms with Gasteiger partial charge in [-0.1, -0.05) is 48.2 Å². The van der Waals surface area contributed by atoms with Crippen LogP contribution in [0.1, 0.15) is 16.4 Å². The molecule has 8 nitrogen and oxygen atoms in total. The zero-order chi connectivity index (χ0) is 22.8. The fraction of sp³-hybridized carbons (Fsp3) is 0.136. The number of hydrogen-bond donors (Lipinski definition) is 1. The third kappa shape index (κ3) is 4.27. The number of hydrogen-bond acceptors (Lipinski definition) is 7. The van der Waals surface area contributed by atoms with Gasteiger partial charge in [0.1, 0.15) is 15.8 Å². The number of nitro groups is 1. The number of nitrogens with zero attached hydrogens (tertiary/aromatic N) is 3. The van der Waals surface area contributed by atoms with Crippen molar-refractivity contribution in [3.05, 3.63) is 91.6 Å². The molecule has 1 unspecified atom stereocenters. The number of rotatable bonds is 6. The Morgan fingerprint density at radius 2 is 1.97 bits per heavy atom. The van der Waals surface area contributed by atoms with E-state index in [2.05, 4.69) is 10.3 Å². The molecule has 2 aromatic heterocycles. The highest BCUT2D eigenvalue weighted by Crippen LogP contribution is 2.36. The van der Waals surface area contributed by atoms with E-state index in [9.17, 15) is 19.7 Å². The van der Waals surface area contributed by atoms with Gasteiger partial charge in [-0.3, -0.25) is 24.3 Å². The molecule has 0 saturated carbocycles. The van der Waals surface area contributed by atoms with Crippen molar-refractivity contribution < 1.29 is 9.72 Å². The topological polar surface area (TPSA) is 107 Å². The monoisotopic (exact) mass is 466 g/mol. The quantitative estimate of drug-likeness (QED) is 0.191. The van der Waals surface area contributed by atoms with Crippen molar-refractivity contribution in [2.24, 2.45) is 7.05 Å². The van der Waals surface area contributed by atoms with Gasteiger partial charge < -0.3 is 5.32 Å². The first-order valence-corrected chi connectivity index (χ1v) is 11.3. The molecule has 0 radical (unpaired) electrons. The molecule has 0 saturated heterocycles. The van der Waals surface area contributed by atoms with Crippen LogP contribution in [0.5, 0.6) is 0 Å². The summed E-state index contributed by atoms with van der Waals surface area (Å²) < 4.78 is 1.41. The van der Waals surface area contributed by atoms with Crippen LogP contribution < -0.4 is 10.9 Å². The average Bonchev–Trinajstić information content (AvgIpc) is 3.25. The number of aromatic nitrogens is 2. The molecule has 0 spiro atoms. The normalized spacial score (nSPS) is 11.9. The number of nitrogens with one attached hydrogen (secondary N) is 1. The van der Waals surface area contributed by atoms with Crippen LogP contribution in [-0.4, -0.2) is 20.4 Å². The standard InChI is InChI=1S/C22H18N4O4S2/c1-13-8-9-16(17(12-13)26(29)30)23-19(27)18(14-6-4-3-5-7-14)32-22-24-20-15(10-11-31-20)21(28)25(22)2/h3-12,18H,1-2H3,(H,23,27). The molecule has 162 valence electrons. The Morgan fingerprint density at radius 3 is 2.69 bits per heavy atom. The molecule has 1 atom stereocenters. The van der Waals surface area contributed by atoms with Gasteiger partial charge in [0.25, 0.3) is 11.2 Å². The molecule has 4 rings (SSSR count). The molecular weight excluding hydrogens is 448 g/mol. The first kappa shape index (κ1) is 21.7. The van der Waals surface area contributed by atoms with Gasteiger partial charge in [0, 0.05) is 13.1 Å². The molecule has 0 aliphatic heterocycles. The van der Waals surface area contributed by atoms with E-state index in [1.165, 1.54) is 28.0 Å². The number of carbonyl (C=O) groups excluding carboxylic acids is 1. The summed E-state index contributed by atoms with van der Waals surface area (Å²) in [7, 11) is 1.61. The van der Waals surface area contributed by atoms with E-state index in [4.69, 9.17) is 0 Å². The molecule has 1 N–H and O–H groups in total. The zero-order valence-corrected chi connectivity index (χ0v) is 18.8. The first-order valence-electron chi connectivity index (χ1n) is 9.57. The minimum Gasteiger partial charge on any atom is -0.319 e. The maximum atomic E-state index is 13.3. The lowest BCUT2D eigenvalue weighted by molar-refractivity contribution is -0.384. The number of nitro benzene ring substituents is 1. The number of carbonyl (C=O) groups is 1. The summed E-state index contributed by atoms with van der Waals surface area (Å²) in [6, 6.07) is 15.4. The Hall–Kier alpha value is -3.50. The molecule has 0 aliphatic rings. The predicted octanol–water partition coefficient (Wildman–Crippen LogP) is 4.68. The largest absolute Gasteiger partial charge is 0.319 e.